The van der Waals surface area contributed by atoms with Crippen LogP contribution in [0.4, 0.5) is 0 Å². The predicted octanol–water partition coefficient (Wildman–Crippen LogP) is 2.23. The lowest BCUT2D eigenvalue weighted by Crippen LogP contribution is -2.48. The van der Waals surface area contributed by atoms with Gasteiger partial charge in [-0.2, -0.15) is 0 Å². The molecule has 1 fully saturated rings. The van der Waals surface area contributed by atoms with Crippen molar-refractivity contribution < 1.29 is 14.3 Å². The molecule has 1 N–H and O–H groups in total. The van der Waals surface area contributed by atoms with Gasteiger partial charge in [-0.25, -0.2) is 4.79 Å². The van der Waals surface area contributed by atoms with Crippen LogP contribution in [-0.2, 0) is 15.1 Å². The van der Waals surface area contributed by atoms with Crippen molar-refractivity contribution in [1.82, 2.24) is 5.32 Å². The smallest absolute Gasteiger partial charge is 0.330 e. The first kappa shape index (κ1) is 13.9. The number of para-hydroxylation sites is 1. The van der Waals surface area contributed by atoms with E-state index in [-0.39, 0.29) is 5.97 Å². The minimum Gasteiger partial charge on any atom is -0.494 e. The van der Waals surface area contributed by atoms with Gasteiger partial charge < -0.3 is 9.47 Å². The van der Waals surface area contributed by atoms with Crippen molar-refractivity contribution in [3.05, 3.63) is 29.8 Å². The minimum atomic E-state index is -0.859. The molecule has 4 nitrogen and oxygen atoms in total. The number of hydrogen-bond donors (Lipinski definition) is 1. The number of rotatable bonds is 6. The first-order chi connectivity index (χ1) is 9.11. The first-order valence-electron chi connectivity index (χ1n) is 6.70. The van der Waals surface area contributed by atoms with Crippen LogP contribution in [0.25, 0.3) is 0 Å². The summed E-state index contributed by atoms with van der Waals surface area (Å²) in [6.45, 7) is 4.35. The fourth-order valence-electron chi connectivity index (χ4n) is 2.25. The monoisotopic (exact) mass is 263 g/mol. The van der Waals surface area contributed by atoms with Gasteiger partial charge in [-0.3, -0.25) is 5.32 Å². The summed E-state index contributed by atoms with van der Waals surface area (Å²) in [5, 5.41) is 3.38. The minimum absolute atomic E-state index is 0.286. The summed E-state index contributed by atoms with van der Waals surface area (Å²) >= 11 is 0. The number of hydrogen-bond acceptors (Lipinski definition) is 4. The lowest BCUT2D eigenvalue weighted by atomic mass is 9.91. The zero-order chi connectivity index (χ0) is 13.9. The van der Waals surface area contributed by atoms with Crippen molar-refractivity contribution in [3.8, 4) is 5.75 Å². The second-order valence-electron chi connectivity index (χ2n) is 4.96. The molecular formula is C15H21NO3. The molecule has 0 heterocycles. The molecule has 1 aromatic carbocycles. The molecule has 1 unspecified atom stereocenters. The van der Waals surface area contributed by atoms with Crippen molar-refractivity contribution in [3.63, 3.8) is 0 Å². The molecule has 104 valence electrons. The highest BCUT2D eigenvalue weighted by atomic mass is 16.5. The Labute approximate surface area is 114 Å². The topological polar surface area (TPSA) is 47.6 Å². The van der Waals surface area contributed by atoms with Crippen molar-refractivity contribution >= 4 is 5.97 Å². The van der Waals surface area contributed by atoms with Crippen LogP contribution in [0.1, 0.15) is 32.3 Å². The number of esters is 1. The Balaban J connectivity index is 2.38. The van der Waals surface area contributed by atoms with Crippen LogP contribution in [0, 0.1) is 0 Å². The second kappa shape index (κ2) is 5.61. The number of carbonyl (C=O) groups excluding carboxylic acids is 1. The summed E-state index contributed by atoms with van der Waals surface area (Å²) in [5.41, 5.74) is -0.0302. The highest BCUT2D eigenvalue weighted by Gasteiger charge is 2.42. The molecule has 4 heteroatoms. The predicted molar refractivity (Wildman–Crippen MR) is 73.1 cm³/mol. The van der Waals surface area contributed by atoms with E-state index in [9.17, 15) is 4.79 Å². The van der Waals surface area contributed by atoms with E-state index in [4.69, 9.17) is 9.47 Å². The van der Waals surface area contributed by atoms with Crippen LogP contribution >= 0.6 is 0 Å². The molecule has 0 bridgehead atoms. The number of carbonyl (C=O) groups is 1. The zero-order valence-electron chi connectivity index (χ0n) is 11.7. The highest BCUT2D eigenvalue weighted by molar-refractivity contribution is 5.83. The van der Waals surface area contributed by atoms with Crippen LogP contribution < -0.4 is 10.1 Å². The Kier molecular flexibility index (Phi) is 4.10. The van der Waals surface area contributed by atoms with Gasteiger partial charge in [-0.1, -0.05) is 18.2 Å². The standard InChI is InChI=1S/C15H21NO3/c1-4-19-13-8-6-5-7-12(13)15(2,14(17)18-3)16-11-9-10-11/h5-8,11,16H,4,9-10H2,1-3H3. The van der Waals surface area contributed by atoms with Crippen LogP contribution in [0.3, 0.4) is 0 Å². The maximum atomic E-state index is 12.2. The van der Waals surface area contributed by atoms with E-state index in [2.05, 4.69) is 5.32 Å². The summed E-state index contributed by atoms with van der Waals surface area (Å²) < 4.78 is 10.6. The van der Waals surface area contributed by atoms with Gasteiger partial charge in [-0.15, -0.1) is 0 Å². The Morgan fingerprint density at radius 3 is 2.68 bits per heavy atom. The van der Waals surface area contributed by atoms with E-state index < -0.39 is 5.54 Å². The van der Waals surface area contributed by atoms with Gasteiger partial charge in [0, 0.05) is 11.6 Å². The third kappa shape index (κ3) is 2.89. The van der Waals surface area contributed by atoms with Gasteiger partial charge >= 0.3 is 5.97 Å². The van der Waals surface area contributed by atoms with Crippen LogP contribution in [0.2, 0.25) is 0 Å². The molecule has 19 heavy (non-hydrogen) atoms. The molecule has 1 aliphatic carbocycles. The first-order valence-corrected chi connectivity index (χ1v) is 6.70. The van der Waals surface area contributed by atoms with Gasteiger partial charge in [0.05, 0.1) is 13.7 Å². The van der Waals surface area contributed by atoms with E-state index in [0.717, 1.165) is 24.2 Å². The summed E-state index contributed by atoms with van der Waals surface area (Å²) in [6.07, 6.45) is 2.20. The highest BCUT2D eigenvalue weighted by Crippen LogP contribution is 2.34. The molecule has 1 atom stereocenters. The zero-order valence-corrected chi connectivity index (χ0v) is 11.7. The molecule has 0 saturated heterocycles. The van der Waals surface area contributed by atoms with Crippen molar-refractivity contribution in [2.75, 3.05) is 13.7 Å². The van der Waals surface area contributed by atoms with E-state index in [1.807, 2.05) is 38.1 Å². The molecule has 0 spiro atoms. The second-order valence-corrected chi connectivity index (χ2v) is 4.96. The van der Waals surface area contributed by atoms with Gasteiger partial charge in [0.25, 0.3) is 0 Å². The van der Waals surface area contributed by atoms with E-state index in [1.54, 1.807) is 0 Å². The third-order valence-electron chi connectivity index (χ3n) is 3.39. The van der Waals surface area contributed by atoms with Gasteiger partial charge in [0.2, 0.25) is 0 Å². The molecular weight excluding hydrogens is 242 g/mol. The molecule has 0 radical (unpaired) electrons. The van der Waals surface area contributed by atoms with Gasteiger partial charge in [0.1, 0.15) is 11.3 Å². The molecule has 2 rings (SSSR count). The maximum absolute atomic E-state index is 12.2. The number of benzene rings is 1. The van der Waals surface area contributed by atoms with Crippen molar-refractivity contribution in [2.45, 2.75) is 38.3 Å². The average Bonchev–Trinajstić information content (AvgIpc) is 3.22. The maximum Gasteiger partial charge on any atom is 0.330 e. The Bertz CT molecular complexity index is 456. The van der Waals surface area contributed by atoms with Crippen LogP contribution in [0.15, 0.2) is 24.3 Å². The molecule has 1 aromatic rings. The number of ether oxygens (including phenoxy) is 2. The van der Waals surface area contributed by atoms with E-state index >= 15 is 0 Å². The molecule has 0 aliphatic heterocycles. The molecule has 1 saturated carbocycles. The molecule has 0 amide bonds. The quantitative estimate of drug-likeness (QED) is 0.800. The van der Waals surface area contributed by atoms with Crippen molar-refractivity contribution in [1.29, 1.82) is 0 Å². The number of methoxy groups -OCH3 is 1. The van der Waals surface area contributed by atoms with E-state index in [0.29, 0.717) is 12.6 Å². The third-order valence-corrected chi connectivity index (χ3v) is 3.39. The Morgan fingerprint density at radius 2 is 2.11 bits per heavy atom. The van der Waals surface area contributed by atoms with Crippen LogP contribution in [0.5, 0.6) is 5.75 Å². The number of nitrogens with one attached hydrogen (secondary N) is 1. The van der Waals surface area contributed by atoms with Gasteiger partial charge in [-0.05, 0) is 32.8 Å². The van der Waals surface area contributed by atoms with Crippen LogP contribution in [-0.4, -0.2) is 25.7 Å². The largest absolute Gasteiger partial charge is 0.494 e. The Hall–Kier alpha value is -1.55. The average molecular weight is 263 g/mol. The SMILES string of the molecule is CCOc1ccccc1C(C)(NC1CC1)C(=O)OC. The normalized spacial score (nSPS) is 17.6. The van der Waals surface area contributed by atoms with E-state index in [1.165, 1.54) is 7.11 Å². The summed E-state index contributed by atoms with van der Waals surface area (Å²) in [5.74, 6) is 0.442. The fraction of sp³-hybridized carbons (Fsp3) is 0.533. The summed E-state index contributed by atoms with van der Waals surface area (Å²) in [7, 11) is 1.42. The molecule has 0 aromatic heterocycles. The lowest BCUT2D eigenvalue weighted by Gasteiger charge is -2.30. The van der Waals surface area contributed by atoms with Crippen molar-refractivity contribution in [2.24, 2.45) is 0 Å². The fourth-order valence-corrected chi connectivity index (χ4v) is 2.25. The van der Waals surface area contributed by atoms with Gasteiger partial charge in [0.15, 0.2) is 0 Å². The summed E-state index contributed by atoms with van der Waals surface area (Å²) in [6, 6.07) is 8.00. The Morgan fingerprint density at radius 1 is 1.42 bits per heavy atom. The lowest BCUT2D eigenvalue weighted by molar-refractivity contribution is -0.148. The summed E-state index contributed by atoms with van der Waals surface area (Å²) in [4.78, 5) is 12.2. The molecule has 1 aliphatic rings.